The molecule has 1 aromatic heterocycles. The summed E-state index contributed by atoms with van der Waals surface area (Å²) >= 11 is 0. The van der Waals surface area contributed by atoms with Gasteiger partial charge in [-0.3, -0.25) is 4.99 Å². The van der Waals surface area contributed by atoms with Crippen LogP contribution in [0.4, 0.5) is 5.82 Å². The molecule has 1 unspecified atom stereocenters. The fraction of sp³-hybridized carbons (Fsp3) is 0.0667. The number of benzene rings is 1. The Labute approximate surface area is 157 Å². The van der Waals surface area contributed by atoms with Gasteiger partial charge in [-0.05, 0) is 29.6 Å². The van der Waals surface area contributed by atoms with Crippen LogP contribution in [-0.4, -0.2) is 22.0 Å². The number of aliphatic imine (C=N–C) groups is 1. The quantitative estimate of drug-likeness (QED) is 0.392. The number of hydrogen-bond donors (Lipinski definition) is 0. The molecule has 3 nitrogen and oxygen atoms in total. The van der Waals surface area contributed by atoms with Gasteiger partial charge in [0.2, 0.25) is 0 Å². The van der Waals surface area contributed by atoms with Crippen LogP contribution < -0.4 is 0 Å². The van der Waals surface area contributed by atoms with Gasteiger partial charge in [0.05, 0.1) is 0 Å². The summed E-state index contributed by atoms with van der Waals surface area (Å²) < 4.78 is 2.00. The van der Waals surface area contributed by atoms with Gasteiger partial charge in [-0.2, -0.15) is 0 Å². The molecule has 1 atom stereocenters. The van der Waals surface area contributed by atoms with Gasteiger partial charge in [-0.25, -0.2) is 0 Å². The number of aromatic nitrogens is 1. The Hall–Kier alpha value is -0.537. The molecule has 0 saturated heterocycles. The van der Waals surface area contributed by atoms with Crippen molar-refractivity contribution < 1.29 is 57.4 Å². The van der Waals surface area contributed by atoms with E-state index >= 15 is 0 Å². The van der Waals surface area contributed by atoms with Crippen molar-refractivity contribution in [1.82, 2.24) is 4.98 Å². The first-order valence-electron chi connectivity index (χ1n) is 5.56. The van der Waals surface area contributed by atoms with Gasteiger partial charge >= 0.3 is 0 Å². The summed E-state index contributed by atoms with van der Waals surface area (Å²) in [6, 6.07) is 12.4. The zero-order valence-electron chi connectivity index (χ0n) is 10.9. The normalized spacial score (nSPS) is 16.4. The van der Waals surface area contributed by atoms with Crippen molar-refractivity contribution in [3.63, 3.8) is 0 Å². The van der Waals surface area contributed by atoms with Gasteiger partial charge in [0.1, 0.15) is 6.20 Å². The zero-order valence-corrected chi connectivity index (χ0v) is 16.2. The summed E-state index contributed by atoms with van der Waals surface area (Å²) in [6.45, 7) is 0. The summed E-state index contributed by atoms with van der Waals surface area (Å²) in [7, 11) is 0. The van der Waals surface area contributed by atoms with Gasteiger partial charge < -0.3 is 12.0 Å². The molecule has 0 saturated carbocycles. The van der Waals surface area contributed by atoms with Gasteiger partial charge in [0.25, 0.3) is 0 Å². The Morgan fingerprint density at radius 1 is 1.05 bits per heavy atom. The standard InChI is InChI=1S/C14H9N3.CH3.Ir.Y/c1-2-5-11-10(4-1)12-6-3-7-15-13(12)17-9-8-16-14(11)17;;;/h1-8,14H;1H3;;/q;-1;;. The van der Waals surface area contributed by atoms with E-state index in [1.54, 1.807) is 6.21 Å². The molecule has 2 aliphatic heterocycles. The first-order valence-corrected chi connectivity index (χ1v) is 5.56. The smallest absolute Gasteiger partial charge is 0.186 e. The van der Waals surface area contributed by atoms with Crippen molar-refractivity contribution in [3.8, 4) is 11.1 Å². The second-order valence-electron chi connectivity index (χ2n) is 4.11. The molecule has 0 bridgehead atoms. The number of fused-ring (bicyclic) bond motifs is 6. The van der Waals surface area contributed by atoms with E-state index in [9.17, 15) is 0 Å². The Morgan fingerprint density at radius 2 is 1.80 bits per heavy atom. The third kappa shape index (κ3) is 2.51. The molecule has 0 N–H and O–H groups in total. The van der Waals surface area contributed by atoms with Gasteiger partial charge in [0.15, 0.2) is 12.0 Å². The van der Waals surface area contributed by atoms with Crippen LogP contribution in [0.5, 0.6) is 0 Å². The van der Waals surface area contributed by atoms with E-state index in [4.69, 9.17) is 0 Å². The average molecular weight is 515 g/mol. The summed E-state index contributed by atoms with van der Waals surface area (Å²) in [4.78, 5) is 8.89. The van der Waals surface area contributed by atoms with Crippen LogP contribution in [0, 0.1) is 7.43 Å². The van der Waals surface area contributed by atoms with Crippen LogP contribution in [0.25, 0.3) is 11.1 Å². The molecule has 2 radical (unpaired) electrons. The largest absolute Gasteiger partial charge is 0.367 e. The van der Waals surface area contributed by atoms with E-state index in [2.05, 4.69) is 40.5 Å². The average Bonchev–Trinajstić information content (AvgIpc) is 2.89. The van der Waals surface area contributed by atoms with Crippen LogP contribution in [0.2, 0.25) is 0 Å². The van der Waals surface area contributed by atoms with Crippen LogP contribution in [-0.2, 0) is 52.8 Å². The fourth-order valence-corrected chi connectivity index (χ4v) is 2.47. The molecule has 3 heterocycles. The molecular formula is C15H12IrN3Y-. The predicted molar refractivity (Wildman–Crippen MR) is 72.2 cm³/mol. The minimum Gasteiger partial charge on any atom is -0.367 e. The molecule has 1 aromatic carbocycles. The molecule has 0 fully saturated rings. The summed E-state index contributed by atoms with van der Waals surface area (Å²) in [5.74, 6) is 0.939. The van der Waals surface area contributed by atoms with Crippen LogP contribution >= 0.6 is 0 Å². The SMILES string of the molecule is [C-]1=[N+]2c3ncccc3-c3ccccc3C2N=C1.[CH3-].[Ir].[Y]. The molecule has 0 amide bonds. The minimum absolute atomic E-state index is 0. The topological polar surface area (TPSA) is 28.3 Å². The maximum absolute atomic E-state index is 4.45. The Kier molecular flexibility index (Phi) is 6.09. The zero-order chi connectivity index (χ0) is 11.2. The molecule has 5 heteroatoms. The molecule has 2 aromatic rings. The Morgan fingerprint density at radius 3 is 2.65 bits per heavy atom. The molecule has 0 aliphatic carbocycles. The van der Waals surface area contributed by atoms with Crippen LogP contribution in [0.15, 0.2) is 47.6 Å². The number of nitrogens with zero attached hydrogens (tertiary/aromatic N) is 3. The van der Waals surface area contributed by atoms with Crippen molar-refractivity contribution in [3.05, 3.63) is 55.6 Å². The third-order valence-electron chi connectivity index (χ3n) is 3.20. The van der Waals surface area contributed by atoms with E-state index in [1.807, 2.05) is 22.9 Å². The van der Waals surface area contributed by atoms with Crippen molar-refractivity contribution in [1.29, 1.82) is 0 Å². The van der Waals surface area contributed by atoms with Crippen molar-refractivity contribution >= 4 is 18.2 Å². The van der Waals surface area contributed by atoms with E-state index in [0.29, 0.717) is 0 Å². The van der Waals surface area contributed by atoms with Gasteiger partial charge in [0, 0.05) is 58.4 Å². The second-order valence-corrected chi connectivity index (χ2v) is 4.11. The van der Waals surface area contributed by atoms with Gasteiger partial charge in [-0.1, -0.05) is 30.3 Å². The summed E-state index contributed by atoms with van der Waals surface area (Å²) in [5, 5.41) is 0. The first-order chi connectivity index (χ1) is 8.45. The minimum atomic E-state index is 0. The van der Waals surface area contributed by atoms with Crippen molar-refractivity contribution in [2.75, 3.05) is 0 Å². The number of hydrogen-bond acceptors (Lipinski definition) is 2. The maximum Gasteiger partial charge on any atom is 0.186 e. The molecule has 4 rings (SSSR count). The molecule has 0 spiro atoms. The summed E-state index contributed by atoms with van der Waals surface area (Å²) in [6.07, 6.45) is 6.68. The summed E-state index contributed by atoms with van der Waals surface area (Å²) in [5.41, 5.74) is 3.59. The van der Waals surface area contributed by atoms with E-state index < -0.39 is 0 Å². The first kappa shape index (κ1) is 17.5. The Bertz CT molecular complexity index is 682. The molecule has 20 heavy (non-hydrogen) atoms. The van der Waals surface area contributed by atoms with Crippen molar-refractivity contribution in [2.45, 2.75) is 6.17 Å². The Balaban J connectivity index is 0.000000667. The molecular weight excluding hydrogens is 503 g/mol. The monoisotopic (exact) mass is 516 g/mol. The van der Waals surface area contributed by atoms with E-state index in [-0.39, 0.29) is 66.4 Å². The van der Waals surface area contributed by atoms with Gasteiger partial charge in [-0.15, -0.1) is 4.98 Å². The fourth-order valence-electron chi connectivity index (χ4n) is 2.47. The molecule has 2 aliphatic rings. The van der Waals surface area contributed by atoms with E-state index in [1.165, 1.54) is 11.1 Å². The predicted octanol–water partition coefficient (Wildman–Crippen LogP) is 2.88. The van der Waals surface area contributed by atoms with Crippen molar-refractivity contribution in [2.24, 2.45) is 4.99 Å². The van der Waals surface area contributed by atoms with E-state index in [0.717, 1.165) is 11.4 Å². The molecule has 100 valence electrons. The third-order valence-corrected chi connectivity index (χ3v) is 3.20. The maximum atomic E-state index is 4.45. The van der Waals surface area contributed by atoms with Crippen LogP contribution in [0.1, 0.15) is 11.7 Å². The second kappa shape index (κ2) is 6.95. The number of pyridine rings is 1. The van der Waals surface area contributed by atoms with Crippen LogP contribution in [0.3, 0.4) is 0 Å². The number of rotatable bonds is 0.